The van der Waals surface area contributed by atoms with Gasteiger partial charge in [-0.3, -0.25) is 0 Å². The van der Waals surface area contributed by atoms with Crippen LogP contribution in [-0.4, -0.2) is 45.5 Å². The van der Waals surface area contributed by atoms with Gasteiger partial charge in [-0.15, -0.1) is 0 Å². The number of hydrogen-bond acceptors (Lipinski definition) is 7. The second-order valence-electron chi connectivity index (χ2n) is 4.99. The number of β-amino-alcohol motifs (C(OH)–C–C–N with tert-alkyl or cyclic N) is 2. The summed E-state index contributed by atoms with van der Waals surface area (Å²) in [7, 11) is 0. The molecule has 0 spiro atoms. The Hall–Kier alpha value is -2.22. The molecule has 0 saturated carbocycles. The standard InChI is InChI=1S/C14H17N5O2/c15-18-12-6-13(19-7-10(20)11(21)8-19)17-14(16-12)9-4-2-1-3-5-9/h1-6,10-11,20-21H,7-8,15H2,(H,16,17,18). The Morgan fingerprint density at radius 3 is 2.38 bits per heavy atom. The van der Waals surface area contributed by atoms with Crippen LogP contribution in [-0.2, 0) is 0 Å². The molecule has 7 nitrogen and oxygen atoms in total. The molecular weight excluding hydrogens is 270 g/mol. The largest absolute Gasteiger partial charge is 0.389 e. The molecule has 1 aromatic heterocycles. The summed E-state index contributed by atoms with van der Waals surface area (Å²) in [5.41, 5.74) is 3.39. The van der Waals surface area contributed by atoms with Crippen molar-refractivity contribution in [3.8, 4) is 11.4 Å². The molecule has 2 atom stereocenters. The SMILES string of the molecule is NNc1cc(N2CC(O)C(O)C2)nc(-c2ccccc2)n1. The predicted molar refractivity (Wildman–Crippen MR) is 79.5 cm³/mol. The van der Waals surface area contributed by atoms with E-state index < -0.39 is 12.2 Å². The zero-order valence-electron chi connectivity index (χ0n) is 11.3. The Balaban J connectivity index is 1.98. The monoisotopic (exact) mass is 287 g/mol. The number of nitrogens with two attached hydrogens (primary N) is 1. The number of nitrogens with one attached hydrogen (secondary N) is 1. The van der Waals surface area contributed by atoms with E-state index in [1.807, 2.05) is 35.2 Å². The van der Waals surface area contributed by atoms with Crippen LogP contribution in [0.2, 0.25) is 0 Å². The van der Waals surface area contributed by atoms with Gasteiger partial charge in [0.25, 0.3) is 0 Å². The normalized spacial score (nSPS) is 21.6. The maximum absolute atomic E-state index is 9.67. The number of aliphatic hydroxyl groups excluding tert-OH is 2. The van der Waals surface area contributed by atoms with Crippen molar-refractivity contribution in [1.82, 2.24) is 9.97 Å². The van der Waals surface area contributed by atoms with Crippen molar-refractivity contribution >= 4 is 11.6 Å². The van der Waals surface area contributed by atoms with Crippen molar-refractivity contribution in [1.29, 1.82) is 0 Å². The lowest BCUT2D eigenvalue weighted by atomic mass is 10.2. The van der Waals surface area contributed by atoms with Gasteiger partial charge in [-0.2, -0.15) is 0 Å². The quantitative estimate of drug-likeness (QED) is 0.464. The third-order valence-corrected chi connectivity index (χ3v) is 3.48. The number of aromatic nitrogens is 2. The number of nitrogens with zero attached hydrogens (tertiary/aromatic N) is 3. The molecular formula is C14H17N5O2. The van der Waals surface area contributed by atoms with E-state index in [-0.39, 0.29) is 0 Å². The maximum Gasteiger partial charge on any atom is 0.163 e. The summed E-state index contributed by atoms with van der Waals surface area (Å²) in [6.45, 7) is 0.660. The highest BCUT2D eigenvalue weighted by Gasteiger charge is 2.30. The van der Waals surface area contributed by atoms with Gasteiger partial charge in [0.05, 0.1) is 12.2 Å². The first kappa shape index (κ1) is 13.7. The summed E-state index contributed by atoms with van der Waals surface area (Å²) in [5.74, 6) is 7.10. The van der Waals surface area contributed by atoms with E-state index in [2.05, 4.69) is 15.4 Å². The van der Waals surface area contributed by atoms with Crippen LogP contribution >= 0.6 is 0 Å². The molecule has 21 heavy (non-hydrogen) atoms. The zero-order chi connectivity index (χ0) is 14.8. The van der Waals surface area contributed by atoms with Gasteiger partial charge in [-0.1, -0.05) is 30.3 Å². The summed E-state index contributed by atoms with van der Waals surface area (Å²) in [5, 5.41) is 19.3. The zero-order valence-corrected chi connectivity index (χ0v) is 11.3. The van der Waals surface area contributed by atoms with Gasteiger partial charge in [-0.25, -0.2) is 15.8 Å². The molecule has 2 aromatic rings. The first-order valence-corrected chi connectivity index (χ1v) is 6.69. The fourth-order valence-corrected chi connectivity index (χ4v) is 2.34. The number of hydrazine groups is 1. The van der Waals surface area contributed by atoms with Crippen molar-refractivity contribution in [3.63, 3.8) is 0 Å². The summed E-state index contributed by atoms with van der Waals surface area (Å²) >= 11 is 0. The molecule has 7 heteroatoms. The highest BCUT2D eigenvalue weighted by atomic mass is 16.3. The molecule has 0 radical (unpaired) electrons. The maximum atomic E-state index is 9.67. The first-order valence-electron chi connectivity index (χ1n) is 6.69. The molecule has 1 fully saturated rings. The molecule has 5 N–H and O–H groups in total. The van der Waals surface area contributed by atoms with E-state index in [1.54, 1.807) is 6.07 Å². The molecule has 0 aliphatic carbocycles. The third-order valence-electron chi connectivity index (χ3n) is 3.48. The van der Waals surface area contributed by atoms with Crippen LogP contribution in [0.15, 0.2) is 36.4 Å². The fraction of sp³-hybridized carbons (Fsp3) is 0.286. The third kappa shape index (κ3) is 2.80. The fourth-order valence-electron chi connectivity index (χ4n) is 2.34. The summed E-state index contributed by atoms with van der Waals surface area (Å²) < 4.78 is 0. The average molecular weight is 287 g/mol. The van der Waals surface area contributed by atoms with Crippen LogP contribution < -0.4 is 16.2 Å². The average Bonchev–Trinajstić information content (AvgIpc) is 2.87. The highest BCUT2D eigenvalue weighted by molar-refractivity contribution is 5.61. The Labute approximate surface area is 122 Å². The Kier molecular flexibility index (Phi) is 3.70. The number of nitrogen functional groups attached to an aromatic ring is 1. The van der Waals surface area contributed by atoms with Crippen LogP contribution in [0.25, 0.3) is 11.4 Å². The number of benzene rings is 1. The lowest BCUT2D eigenvalue weighted by Crippen LogP contribution is -2.23. The van der Waals surface area contributed by atoms with Crippen molar-refractivity contribution in [2.75, 3.05) is 23.4 Å². The van der Waals surface area contributed by atoms with Crippen molar-refractivity contribution in [3.05, 3.63) is 36.4 Å². The molecule has 1 aliphatic rings. The van der Waals surface area contributed by atoms with Crippen LogP contribution in [0.3, 0.4) is 0 Å². The van der Waals surface area contributed by atoms with Crippen LogP contribution in [0, 0.1) is 0 Å². The second kappa shape index (κ2) is 5.65. The molecule has 0 amide bonds. The minimum absolute atomic E-state index is 0.330. The van der Waals surface area contributed by atoms with Crippen LogP contribution in [0.5, 0.6) is 0 Å². The number of aliphatic hydroxyl groups is 2. The lowest BCUT2D eigenvalue weighted by Gasteiger charge is -2.18. The molecule has 3 rings (SSSR count). The van der Waals surface area contributed by atoms with E-state index in [0.29, 0.717) is 30.5 Å². The first-order chi connectivity index (χ1) is 10.2. The summed E-state index contributed by atoms with van der Waals surface area (Å²) in [4.78, 5) is 10.6. The van der Waals surface area contributed by atoms with Crippen molar-refractivity contribution < 1.29 is 10.2 Å². The summed E-state index contributed by atoms with van der Waals surface area (Å²) in [6, 6.07) is 11.2. The van der Waals surface area contributed by atoms with Gasteiger partial charge in [0.1, 0.15) is 11.6 Å². The molecule has 0 bridgehead atoms. The predicted octanol–water partition coefficient (Wildman–Crippen LogP) is -0.0290. The topological polar surface area (TPSA) is 108 Å². The Bertz CT molecular complexity index is 612. The molecule has 110 valence electrons. The molecule has 1 aliphatic heterocycles. The van der Waals surface area contributed by atoms with Gasteiger partial charge in [-0.05, 0) is 0 Å². The second-order valence-corrected chi connectivity index (χ2v) is 4.99. The van der Waals surface area contributed by atoms with Gasteiger partial charge in [0, 0.05) is 24.7 Å². The Morgan fingerprint density at radius 2 is 1.76 bits per heavy atom. The van der Waals surface area contributed by atoms with Gasteiger partial charge in [0.15, 0.2) is 5.82 Å². The van der Waals surface area contributed by atoms with E-state index in [0.717, 1.165) is 5.56 Å². The van der Waals surface area contributed by atoms with Gasteiger partial charge >= 0.3 is 0 Å². The van der Waals surface area contributed by atoms with Crippen molar-refractivity contribution in [2.24, 2.45) is 5.84 Å². The molecule has 1 aromatic carbocycles. The van der Waals surface area contributed by atoms with E-state index in [9.17, 15) is 10.2 Å². The number of rotatable bonds is 3. The molecule has 2 heterocycles. The minimum atomic E-state index is -0.769. The van der Waals surface area contributed by atoms with Gasteiger partial charge < -0.3 is 20.5 Å². The van der Waals surface area contributed by atoms with Crippen molar-refractivity contribution in [2.45, 2.75) is 12.2 Å². The molecule has 2 unspecified atom stereocenters. The Morgan fingerprint density at radius 1 is 1.10 bits per heavy atom. The van der Waals surface area contributed by atoms with E-state index in [1.165, 1.54) is 0 Å². The smallest absolute Gasteiger partial charge is 0.163 e. The van der Waals surface area contributed by atoms with Gasteiger partial charge in [0.2, 0.25) is 0 Å². The molecule has 1 saturated heterocycles. The lowest BCUT2D eigenvalue weighted by molar-refractivity contribution is 0.0572. The highest BCUT2D eigenvalue weighted by Crippen LogP contribution is 2.24. The minimum Gasteiger partial charge on any atom is -0.389 e. The summed E-state index contributed by atoms with van der Waals surface area (Å²) in [6.07, 6.45) is -1.54. The van der Waals surface area contributed by atoms with Crippen LogP contribution in [0.4, 0.5) is 11.6 Å². The number of hydrogen-bond donors (Lipinski definition) is 4. The van der Waals surface area contributed by atoms with E-state index in [4.69, 9.17) is 5.84 Å². The number of anilines is 2. The van der Waals surface area contributed by atoms with E-state index >= 15 is 0 Å². The van der Waals surface area contributed by atoms with Crippen LogP contribution in [0.1, 0.15) is 0 Å².